The van der Waals surface area contributed by atoms with Crippen molar-refractivity contribution < 1.29 is 58.5 Å². The van der Waals surface area contributed by atoms with Crippen molar-refractivity contribution in [1.29, 1.82) is 0 Å². The minimum absolute atomic E-state index is 0. The molecular weight excluding hydrogens is 750 g/mol. The van der Waals surface area contributed by atoms with Crippen LogP contribution in [0.1, 0.15) is 0 Å². The van der Waals surface area contributed by atoms with Gasteiger partial charge in [-0.1, -0.05) is 41.9 Å². The van der Waals surface area contributed by atoms with Crippen LogP contribution in [-0.4, -0.2) is 14.5 Å². The Labute approximate surface area is 272 Å². The Morgan fingerprint density at radius 2 is 1.48 bits per heavy atom. The predicted molar refractivity (Wildman–Crippen MR) is 149 cm³/mol. The summed E-state index contributed by atoms with van der Waals surface area (Å²) in [6.45, 7) is 0. The zero-order valence-corrected chi connectivity index (χ0v) is 26.2. The molecule has 0 unspecified atom stereocenters. The van der Waals surface area contributed by atoms with Gasteiger partial charge in [-0.25, -0.2) is 18.2 Å². The van der Waals surface area contributed by atoms with Gasteiger partial charge in [-0.05, 0) is 29.4 Å². The first kappa shape index (κ1) is 28.1. The molecule has 1 radical (unpaired) electrons. The average Bonchev–Trinajstić information content (AvgIpc) is 3.32. The van der Waals surface area contributed by atoms with Crippen LogP contribution < -0.4 is 4.74 Å². The third-order valence-electron chi connectivity index (χ3n) is 6.40. The normalized spacial score (nSPS) is 10.6. The molecule has 40 heavy (non-hydrogen) atoms. The number of rotatable bonds is 5. The van der Waals surface area contributed by atoms with Gasteiger partial charge in [0.05, 0.1) is 5.82 Å². The largest absolute Gasteiger partial charge is 2.00 e. The van der Waals surface area contributed by atoms with Gasteiger partial charge in [-0.2, -0.15) is 24.3 Å². The van der Waals surface area contributed by atoms with E-state index in [0.29, 0.717) is 11.5 Å². The maximum Gasteiger partial charge on any atom is 2.00 e. The summed E-state index contributed by atoms with van der Waals surface area (Å²) in [7, 11) is 0. The molecule has 4 aromatic carbocycles. The zero-order valence-electron chi connectivity index (χ0n) is 21.1. The minimum atomic E-state index is 0. The number of aromatic nitrogens is 3. The van der Waals surface area contributed by atoms with Crippen LogP contribution in [0.5, 0.6) is 11.5 Å². The van der Waals surface area contributed by atoms with Gasteiger partial charge in [0.15, 0.2) is 0 Å². The SMILES string of the molecule is [Pt+2].[Y].[c-]1ccccc1-c1[c-]cnc(-n2c3[c-]c(Oc4[c-]c(-c5ccccn5)ccc4)ccc3c3ccccc32)c1. The van der Waals surface area contributed by atoms with Crippen LogP contribution in [0.4, 0.5) is 0 Å². The summed E-state index contributed by atoms with van der Waals surface area (Å²) in [4.78, 5) is 9.11. The average molecular weight is 770 g/mol. The maximum absolute atomic E-state index is 6.24. The summed E-state index contributed by atoms with van der Waals surface area (Å²) in [6, 6.07) is 47.2. The molecule has 0 spiro atoms. The summed E-state index contributed by atoms with van der Waals surface area (Å²) >= 11 is 0. The Balaban J connectivity index is 0.00000161. The standard InChI is InChI=1S/C34H19N3O.Pt.Y/c1-2-9-24(10-3-1)25-18-20-36-34(22-25)37-32-15-5-4-13-29(32)30-17-16-28(23-33(30)37)38-27-12-8-11-26(21-27)31-14-6-7-19-35-31;;/h1-9,11-17,19-20,22H;;/q-4;+2;. The molecule has 3 aromatic heterocycles. The fourth-order valence-corrected chi connectivity index (χ4v) is 4.68. The number of nitrogens with zero attached hydrogens (tertiary/aromatic N) is 3. The van der Waals surface area contributed by atoms with E-state index in [2.05, 4.69) is 57.0 Å². The predicted octanol–water partition coefficient (Wildman–Crippen LogP) is 7.90. The topological polar surface area (TPSA) is 39.9 Å². The fraction of sp³-hybridized carbons (Fsp3) is 0. The molecule has 0 amide bonds. The number of fused-ring (bicyclic) bond motifs is 3. The summed E-state index contributed by atoms with van der Waals surface area (Å²) in [5.74, 6) is 1.97. The Hall–Kier alpha value is -3.43. The van der Waals surface area contributed by atoms with Crippen LogP contribution in [-0.2, 0) is 53.8 Å². The van der Waals surface area contributed by atoms with Crippen molar-refractivity contribution in [2.75, 3.05) is 0 Å². The van der Waals surface area contributed by atoms with Crippen LogP contribution in [0, 0.1) is 24.3 Å². The Morgan fingerprint density at radius 1 is 0.650 bits per heavy atom. The van der Waals surface area contributed by atoms with Crippen LogP contribution in [0.2, 0.25) is 0 Å². The molecular formula is C34H19N3OPtY-2. The second-order valence-corrected chi connectivity index (χ2v) is 8.78. The minimum Gasteiger partial charge on any atom is -0.503 e. The van der Waals surface area contributed by atoms with E-state index in [4.69, 9.17) is 4.74 Å². The first-order valence-electron chi connectivity index (χ1n) is 12.3. The molecule has 0 aliphatic rings. The van der Waals surface area contributed by atoms with E-state index in [9.17, 15) is 0 Å². The molecule has 0 aliphatic heterocycles. The fourth-order valence-electron chi connectivity index (χ4n) is 4.68. The zero-order chi connectivity index (χ0) is 25.3. The van der Waals surface area contributed by atoms with Crippen molar-refractivity contribution in [1.82, 2.24) is 14.5 Å². The van der Waals surface area contributed by atoms with E-state index >= 15 is 0 Å². The Bertz CT molecular complexity index is 1910. The monoisotopic (exact) mass is 769 g/mol. The molecule has 0 aliphatic carbocycles. The van der Waals surface area contributed by atoms with E-state index in [0.717, 1.165) is 50.0 Å². The van der Waals surface area contributed by atoms with Crippen molar-refractivity contribution in [2.24, 2.45) is 0 Å². The van der Waals surface area contributed by atoms with Crippen LogP contribution >= 0.6 is 0 Å². The van der Waals surface area contributed by atoms with Gasteiger partial charge in [0.2, 0.25) is 0 Å². The number of para-hydroxylation sites is 1. The van der Waals surface area contributed by atoms with Gasteiger partial charge in [0.25, 0.3) is 0 Å². The number of benzene rings is 4. The molecule has 191 valence electrons. The van der Waals surface area contributed by atoms with Crippen molar-refractivity contribution in [3.8, 4) is 39.7 Å². The summed E-state index contributed by atoms with van der Waals surface area (Å²) in [5.41, 5.74) is 5.53. The van der Waals surface area contributed by atoms with E-state index in [1.54, 1.807) is 12.4 Å². The molecule has 7 rings (SSSR count). The smallest absolute Gasteiger partial charge is 0.503 e. The first-order chi connectivity index (χ1) is 18.8. The summed E-state index contributed by atoms with van der Waals surface area (Å²) in [5, 5.41) is 2.19. The number of hydrogen-bond donors (Lipinski definition) is 0. The van der Waals surface area contributed by atoms with Crippen molar-refractivity contribution in [3.05, 3.63) is 140 Å². The molecule has 0 bridgehead atoms. The van der Waals surface area contributed by atoms with Crippen molar-refractivity contribution >= 4 is 21.8 Å². The molecule has 0 saturated heterocycles. The van der Waals surface area contributed by atoms with Gasteiger partial charge in [0.1, 0.15) is 0 Å². The molecule has 4 nitrogen and oxygen atoms in total. The van der Waals surface area contributed by atoms with Crippen LogP contribution in [0.3, 0.4) is 0 Å². The second-order valence-electron chi connectivity index (χ2n) is 8.78. The first-order valence-corrected chi connectivity index (χ1v) is 12.3. The quantitative estimate of drug-likeness (QED) is 0.167. The van der Waals surface area contributed by atoms with E-state index in [1.165, 1.54) is 0 Å². The van der Waals surface area contributed by atoms with Gasteiger partial charge >= 0.3 is 21.1 Å². The molecule has 6 heteroatoms. The third kappa shape index (κ3) is 5.45. The molecule has 0 fully saturated rings. The van der Waals surface area contributed by atoms with Crippen molar-refractivity contribution in [3.63, 3.8) is 0 Å². The molecule has 0 N–H and O–H groups in total. The van der Waals surface area contributed by atoms with Crippen LogP contribution in [0.15, 0.2) is 116 Å². The molecule has 3 heterocycles. The molecule has 0 saturated carbocycles. The van der Waals surface area contributed by atoms with Gasteiger partial charge in [-0.15, -0.1) is 47.3 Å². The van der Waals surface area contributed by atoms with E-state index in [-0.39, 0.29) is 53.8 Å². The van der Waals surface area contributed by atoms with Crippen LogP contribution in [0.25, 0.3) is 50.0 Å². The second kappa shape index (κ2) is 12.4. The molecule has 0 atom stereocenters. The summed E-state index contributed by atoms with van der Waals surface area (Å²) < 4.78 is 8.36. The van der Waals surface area contributed by atoms with E-state index < -0.39 is 0 Å². The van der Waals surface area contributed by atoms with Gasteiger partial charge < -0.3 is 14.3 Å². The number of pyridine rings is 2. The number of hydrogen-bond acceptors (Lipinski definition) is 3. The Kier molecular flexibility index (Phi) is 8.71. The maximum atomic E-state index is 6.24. The third-order valence-corrected chi connectivity index (χ3v) is 6.40. The van der Waals surface area contributed by atoms with Crippen molar-refractivity contribution in [2.45, 2.75) is 0 Å². The van der Waals surface area contributed by atoms with Gasteiger partial charge in [0, 0.05) is 55.9 Å². The van der Waals surface area contributed by atoms with E-state index in [1.807, 2.05) is 84.9 Å². The number of ether oxygens (including phenoxy) is 1. The molecule has 7 aromatic rings. The van der Waals surface area contributed by atoms with Gasteiger partial charge in [-0.3, -0.25) is 16.1 Å². The summed E-state index contributed by atoms with van der Waals surface area (Å²) in [6.07, 6.45) is 3.48. The Morgan fingerprint density at radius 3 is 2.33 bits per heavy atom.